The van der Waals surface area contributed by atoms with Crippen molar-refractivity contribution in [1.82, 2.24) is 9.80 Å². The largest absolute Gasteiger partial charge is 0.493 e. The highest BCUT2D eigenvalue weighted by Crippen LogP contribution is 2.30. The van der Waals surface area contributed by atoms with Crippen LogP contribution in [0.15, 0.2) is 48.5 Å². The van der Waals surface area contributed by atoms with Gasteiger partial charge in [0.25, 0.3) is 0 Å². The topological polar surface area (TPSA) is 42.0 Å². The number of benzene rings is 2. The molecule has 0 aliphatic carbocycles. The minimum atomic E-state index is -4.42. The first-order valence-electron chi connectivity index (χ1n) is 10.7. The van der Waals surface area contributed by atoms with Crippen molar-refractivity contribution in [3.8, 4) is 11.5 Å². The number of aryl methyl sites for hydroxylation is 1. The fraction of sp³-hybridized carbons (Fsp3) is 0.458. The van der Waals surface area contributed by atoms with Crippen molar-refractivity contribution < 1.29 is 27.4 Å². The average Bonchev–Trinajstić information content (AvgIpc) is 3.02. The van der Waals surface area contributed by atoms with Crippen LogP contribution in [0.2, 0.25) is 0 Å². The van der Waals surface area contributed by atoms with E-state index in [0.29, 0.717) is 19.4 Å². The molecular weight excluding hydrogens is 421 g/mol. The van der Waals surface area contributed by atoms with Crippen LogP contribution in [0.4, 0.5) is 13.2 Å². The van der Waals surface area contributed by atoms with Gasteiger partial charge >= 0.3 is 6.18 Å². The standard InChI is InChI=1S/C24H29F3N2O3/c1-31-22-16-19(8-10-21(22)32-18-24(25,26)27)9-11-23(30)29-13-5-12-28(14-15-29)17-20-6-3-2-4-7-20/h2-4,6-8,10,16H,5,9,11-15,17-18H2,1H3. The normalized spacial score (nSPS) is 15.3. The van der Waals surface area contributed by atoms with E-state index in [4.69, 9.17) is 9.47 Å². The van der Waals surface area contributed by atoms with Crippen LogP contribution in [-0.4, -0.2) is 61.8 Å². The lowest BCUT2D eigenvalue weighted by Gasteiger charge is -2.22. The molecule has 0 saturated carbocycles. The maximum atomic E-state index is 12.7. The third-order valence-electron chi connectivity index (χ3n) is 5.44. The minimum Gasteiger partial charge on any atom is -0.493 e. The first-order valence-corrected chi connectivity index (χ1v) is 10.7. The number of nitrogens with zero attached hydrogens (tertiary/aromatic N) is 2. The molecule has 0 spiro atoms. The number of methoxy groups -OCH3 is 1. The van der Waals surface area contributed by atoms with Gasteiger partial charge in [-0.15, -0.1) is 0 Å². The fourth-order valence-corrected chi connectivity index (χ4v) is 3.78. The summed E-state index contributed by atoms with van der Waals surface area (Å²) in [6.45, 7) is 2.72. The predicted octanol–water partition coefficient (Wildman–Crippen LogP) is 4.30. The van der Waals surface area contributed by atoms with Crippen LogP contribution in [0.5, 0.6) is 11.5 Å². The summed E-state index contributed by atoms with van der Waals surface area (Å²) >= 11 is 0. The van der Waals surface area contributed by atoms with E-state index < -0.39 is 12.8 Å². The van der Waals surface area contributed by atoms with Crippen LogP contribution in [0.25, 0.3) is 0 Å². The molecule has 1 amide bonds. The van der Waals surface area contributed by atoms with Crippen LogP contribution in [0, 0.1) is 0 Å². The van der Waals surface area contributed by atoms with Gasteiger partial charge in [-0.25, -0.2) is 0 Å². The molecule has 0 bridgehead atoms. The summed E-state index contributed by atoms with van der Waals surface area (Å²) in [6, 6.07) is 15.1. The first kappa shape index (κ1) is 23.9. The zero-order valence-corrected chi connectivity index (χ0v) is 18.2. The maximum Gasteiger partial charge on any atom is 0.422 e. The molecule has 2 aromatic rings. The summed E-state index contributed by atoms with van der Waals surface area (Å²) in [5, 5.41) is 0. The Morgan fingerprint density at radius 2 is 1.75 bits per heavy atom. The smallest absolute Gasteiger partial charge is 0.422 e. The van der Waals surface area contributed by atoms with Crippen molar-refractivity contribution in [3.05, 3.63) is 59.7 Å². The van der Waals surface area contributed by atoms with E-state index in [9.17, 15) is 18.0 Å². The molecule has 8 heteroatoms. The molecule has 2 aromatic carbocycles. The van der Waals surface area contributed by atoms with Crippen LogP contribution in [0.3, 0.4) is 0 Å². The van der Waals surface area contributed by atoms with Gasteiger partial charge < -0.3 is 14.4 Å². The van der Waals surface area contributed by atoms with Crippen molar-refractivity contribution in [2.75, 3.05) is 39.9 Å². The highest BCUT2D eigenvalue weighted by Gasteiger charge is 2.29. The van der Waals surface area contributed by atoms with Gasteiger partial charge in [0, 0.05) is 39.1 Å². The maximum absolute atomic E-state index is 12.7. The summed E-state index contributed by atoms with van der Waals surface area (Å²) in [5.74, 6) is 0.347. The number of hydrogen-bond acceptors (Lipinski definition) is 4. The van der Waals surface area contributed by atoms with E-state index in [1.807, 2.05) is 23.1 Å². The number of ether oxygens (including phenoxy) is 2. The van der Waals surface area contributed by atoms with Gasteiger partial charge in [0.15, 0.2) is 18.1 Å². The third kappa shape index (κ3) is 7.44. The van der Waals surface area contributed by atoms with E-state index >= 15 is 0 Å². The Balaban J connectivity index is 1.49. The lowest BCUT2D eigenvalue weighted by atomic mass is 10.1. The Hall–Kier alpha value is -2.74. The highest BCUT2D eigenvalue weighted by molar-refractivity contribution is 5.76. The Morgan fingerprint density at radius 3 is 2.47 bits per heavy atom. The molecule has 1 aliphatic heterocycles. The molecule has 1 saturated heterocycles. The van der Waals surface area contributed by atoms with Crippen molar-refractivity contribution in [1.29, 1.82) is 0 Å². The van der Waals surface area contributed by atoms with Gasteiger partial charge in [-0.2, -0.15) is 13.2 Å². The SMILES string of the molecule is COc1cc(CCC(=O)N2CCCN(Cc3ccccc3)CC2)ccc1OCC(F)(F)F. The molecular formula is C24H29F3N2O3. The number of carbonyl (C=O) groups is 1. The van der Waals surface area contributed by atoms with Crippen molar-refractivity contribution in [3.63, 3.8) is 0 Å². The lowest BCUT2D eigenvalue weighted by Crippen LogP contribution is -2.35. The molecule has 1 fully saturated rings. The zero-order valence-electron chi connectivity index (χ0n) is 18.2. The van der Waals surface area contributed by atoms with Gasteiger partial charge in [0.2, 0.25) is 5.91 Å². The summed E-state index contributed by atoms with van der Waals surface area (Å²) in [7, 11) is 1.38. The fourth-order valence-electron chi connectivity index (χ4n) is 3.78. The van der Waals surface area contributed by atoms with Crippen molar-refractivity contribution >= 4 is 5.91 Å². The van der Waals surface area contributed by atoms with Gasteiger partial charge in [0.05, 0.1) is 7.11 Å². The second-order valence-corrected chi connectivity index (χ2v) is 7.89. The molecule has 0 unspecified atom stereocenters. The molecule has 32 heavy (non-hydrogen) atoms. The molecule has 0 aromatic heterocycles. The second kappa shape index (κ2) is 11.2. The molecule has 1 heterocycles. The van der Waals surface area contributed by atoms with Crippen LogP contribution >= 0.6 is 0 Å². The number of carbonyl (C=O) groups excluding carboxylic acids is 1. The molecule has 0 radical (unpaired) electrons. The Morgan fingerprint density at radius 1 is 0.969 bits per heavy atom. The van der Waals surface area contributed by atoms with Crippen molar-refractivity contribution in [2.24, 2.45) is 0 Å². The van der Waals surface area contributed by atoms with E-state index in [0.717, 1.165) is 38.2 Å². The van der Waals surface area contributed by atoms with E-state index in [1.54, 1.807) is 12.1 Å². The molecule has 5 nitrogen and oxygen atoms in total. The number of rotatable bonds is 8. The number of amides is 1. The van der Waals surface area contributed by atoms with Gasteiger partial charge in [-0.3, -0.25) is 9.69 Å². The van der Waals surface area contributed by atoms with Crippen LogP contribution in [-0.2, 0) is 17.8 Å². The summed E-state index contributed by atoms with van der Waals surface area (Å²) in [5.41, 5.74) is 2.08. The van der Waals surface area contributed by atoms with Crippen LogP contribution < -0.4 is 9.47 Å². The number of hydrogen-bond donors (Lipinski definition) is 0. The predicted molar refractivity (Wildman–Crippen MR) is 116 cm³/mol. The van der Waals surface area contributed by atoms with Crippen molar-refractivity contribution in [2.45, 2.75) is 32.0 Å². The molecule has 1 aliphatic rings. The number of halogens is 3. The monoisotopic (exact) mass is 450 g/mol. The average molecular weight is 451 g/mol. The Labute approximate surface area is 186 Å². The zero-order chi connectivity index (χ0) is 23.0. The van der Waals surface area contributed by atoms with E-state index in [1.165, 1.54) is 18.7 Å². The second-order valence-electron chi connectivity index (χ2n) is 7.89. The van der Waals surface area contributed by atoms with Gasteiger partial charge in [-0.05, 0) is 36.1 Å². The molecule has 0 N–H and O–H groups in total. The third-order valence-corrected chi connectivity index (χ3v) is 5.44. The van der Waals surface area contributed by atoms with E-state index in [-0.39, 0.29) is 17.4 Å². The minimum absolute atomic E-state index is 0.0333. The van der Waals surface area contributed by atoms with E-state index in [2.05, 4.69) is 17.0 Å². The summed E-state index contributed by atoms with van der Waals surface area (Å²) in [6.07, 6.45) is -2.67. The quantitative estimate of drug-likeness (QED) is 0.601. The molecule has 3 rings (SSSR count). The highest BCUT2D eigenvalue weighted by atomic mass is 19.4. The summed E-state index contributed by atoms with van der Waals surface area (Å²) < 4.78 is 47.1. The van der Waals surface area contributed by atoms with Gasteiger partial charge in [-0.1, -0.05) is 36.4 Å². The lowest BCUT2D eigenvalue weighted by molar-refractivity contribution is -0.153. The summed E-state index contributed by atoms with van der Waals surface area (Å²) in [4.78, 5) is 17.0. The Bertz CT molecular complexity index is 875. The number of alkyl halides is 3. The molecule has 174 valence electrons. The Kier molecular flexibility index (Phi) is 8.39. The molecule has 0 atom stereocenters. The van der Waals surface area contributed by atoms with Gasteiger partial charge in [0.1, 0.15) is 0 Å². The van der Waals surface area contributed by atoms with Crippen LogP contribution in [0.1, 0.15) is 24.0 Å². The first-order chi connectivity index (χ1) is 15.3.